The van der Waals surface area contributed by atoms with Gasteiger partial charge in [0.05, 0.1) is 10.7 Å². The van der Waals surface area contributed by atoms with Crippen molar-refractivity contribution in [1.29, 1.82) is 0 Å². The van der Waals surface area contributed by atoms with Crippen LogP contribution in [0.1, 0.15) is 38.2 Å². The molecule has 2 aliphatic rings. The van der Waals surface area contributed by atoms with Crippen molar-refractivity contribution in [1.82, 2.24) is 0 Å². The molecule has 2 amide bonds. The Bertz CT molecular complexity index is 996. The van der Waals surface area contributed by atoms with Gasteiger partial charge in [-0.25, -0.2) is 14.1 Å². The molecule has 0 radical (unpaired) electrons. The van der Waals surface area contributed by atoms with Crippen LogP contribution in [0, 0.1) is 17.8 Å². The number of carbonyl (C=O) groups excluding carboxylic acids is 3. The van der Waals surface area contributed by atoms with Crippen LogP contribution in [0.3, 0.4) is 0 Å². The zero-order chi connectivity index (χ0) is 21.1. The number of nitrogens with zero attached hydrogens (tertiary/aromatic N) is 1. The first-order valence-corrected chi connectivity index (χ1v) is 9.52. The van der Waals surface area contributed by atoms with E-state index in [4.69, 9.17) is 28.6 Å². The number of anilines is 1. The minimum absolute atomic E-state index is 0.0675. The van der Waals surface area contributed by atoms with Crippen LogP contribution in [0.15, 0.2) is 23.3 Å². The zero-order valence-electron chi connectivity index (χ0n) is 15.3. The molecule has 6 nitrogen and oxygen atoms in total. The standard InChI is InChI=1S/C20H15ClFNO5S/c1-2-7-27-17(24)10-28-20(29)13-8-16(15(22)9-14(13)21)23-18(25)11-5-3-4-6-12(11)19(23)26/h8-9H,3-6,10H2,1H3. The monoisotopic (exact) mass is 435 g/mol. The molecule has 3 rings (SSSR count). The van der Waals surface area contributed by atoms with E-state index in [1.165, 1.54) is 13.0 Å². The summed E-state index contributed by atoms with van der Waals surface area (Å²) in [4.78, 5) is 37.7. The van der Waals surface area contributed by atoms with Crippen LogP contribution in [-0.4, -0.2) is 29.4 Å². The van der Waals surface area contributed by atoms with E-state index in [2.05, 4.69) is 16.8 Å². The molecule has 0 saturated heterocycles. The van der Waals surface area contributed by atoms with Crippen LogP contribution in [0.2, 0.25) is 5.02 Å². The van der Waals surface area contributed by atoms with Crippen molar-refractivity contribution in [3.8, 4) is 12.0 Å². The van der Waals surface area contributed by atoms with Crippen molar-refractivity contribution in [2.24, 2.45) is 0 Å². The lowest BCUT2D eigenvalue weighted by Crippen LogP contribution is -2.32. The molecule has 1 aliphatic carbocycles. The molecule has 1 aromatic rings. The molecule has 150 valence electrons. The number of halogens is 2. The first-order valence-electron chi connectivity index (χ1n) is 8.73. The molecule has 0 atom stereocenters. The Morgan fingerprint density at radius 1 is 1.24 bits per heavy atom. The fraction of sp³-hybridized carbons (Fsp3) is 0.300. The van der Waals surface area contributed by atoms with Crippen LogP contribution in [0.25, 0.3) is 0 Å². The van der Waals surface area contributed by atoms with Gasteiger partial charge in [-0.2, -0.15) is 0 Å². The van der Waals surface area contributed by atoms with E-state index in [9.17, 15) is 18.8 Å². The van der Waals surface area contributed by atoms with E-state index >= 15 is 0 Å². The quantitative estimate of drug-likeness (QED) is 0.312. The molecule has 0 spiro atoms. The third-order valence-corrected chi connectivity index (χ3v) is 5.13. The van der Waals surface area contributed by atoms with Crippen molar-refractivity contribution >= 4 is 52.3 Å². The second kappa shape index (κ2) is 8.72. The third-order valence-electron chi connectivity index (χ3n) is 4.48. The van der Waals surface area contributed by atoms with Gasteiger partial charge in [0.2, 0.25) is 0 Å². The van der Waals surface area contributed by atoms with Gasteiger partial charge in [0.1, 0.15) is 11.9 Å². The summed E-state index contributed by atoms with van der Waals surface area (Å²) in [5.41, 5.74) is 0.656. The molecular weight excluding hydrogens is 421 g/mol. The molecule has 0 N–H and O–H groups in total. The Morgan fingerprint density at radius 3 is 2.45 bits per heavy atom. The van der Waals surface area contributed by atoms with E-state index < -0.39 is 30.2 Å². The number of rotatable bonds is 4. The van der Waals surface area contributed by atoms with Gasteiger partial charge in [-0.1, -0.05) is 17.5 Å². The van der Waals surface area contributed by atoms with Crippen molar-refractivity contribution in [3.63, 3.8) is 0 Å². The largest absolute Gasteiger partial charge is 0.471 e. The number of carbonyl (C=O) groups is 3. The van der Waals surface area contributed by atoms with Crippen LogP contribution >= 0.6 is 23.8 Å². The molecule has 1 heterocycles. The van der Waals surface area contributed by atoms with Crippen LogP contribution in [-0.2, 0) is 23.9 Å². The Kier molecular flexibility index (Phi) is 6.30. The fourth-order valence-corrected chi connectivity index (χ4v) is 3.68. The van der Waals surface area contributed by atoms with Crippen LogP contribution < -0.4 is 4.90 Å². The van der Waals surface area contributed by atoms with Crippen molar-refractivity contribution in [3.05, 3.63) is 39.7 Å². The number of hydrogen-bond acceptors (Lipinski definition) is 6. The molecule has 0 saturated carbocycles. The molecule has 0 bridgehead atoms. The predicted molar refractivity (Wildman–Crippen MR) is 107 cm³/mol. The van der Waals surface area contributed by atoms with Gasteiger partial charge in [-0.15, -0.1) is 0 Å². The summed E-state index contributed by atoms with van der Waals surface area (Å²) in [5.74, 6) is -0.312. The average Bonchev–Trinajstić information content (AvgIpc) is 2.95. The molecule has 0 aromatic heterocycles. The van der Waals surface area contributed by atoms with Gasteiger partial charge in [0.15, 0.2) is 11.7 Å². The molecular formula is C20H15ClFNO5S. The predicted octanol–water partition coefficient (Wildman–Crippen LogP) is 3.44. The second-order valence-corrected chi connectivity index (χ2v) is 7.07. The summed E-state index contributed by atoms with van der Waals surface area (Å²) >= 11 is 11.2. The number of benzene rings is 1. The lowest BCUT2D eigenvalue weighted by molar-refractivity contribution is -0.139. The lowest BCUT2D eigenvalue weighted by Gasteiger charge is -2.18. The highest BCUT2D eigenvalue weighted by atomic mass is 35.5. The summed E-state index contributed by atoms with van der Waals surface area (Å²) < 4.78 is 24.3. The lowest BCUT2D eigenvalue weighted by atomic mass is 9.93. The maximum atomic E-state index is 14.6. The topological polar surface area (TPSA) is 72.9 Å². The summed E-state index contributed by atoms with van der Waals surface area (Å²) in [7, 11) is 0. The highest BCUT2D eigenvalue weighted by Gasteiger charge is 2.41. The molecule has 0 fully saturated rings. The van der Waals surface area contributed by atoms with Gasteiger partial charge in [0, 0.05) is 23.6 Å². The van der Waals surface area contributed by atoms with E-state index in [1.807, 2.05) is 0 Å². The summed E-state index contributed by atoms with van der Waals surface area (Å²) in [6.07, 6.45) is 4.71. The second-order valence-electron chi connectivity index (χ2n) is 6.30. The molecule has 9 heteroatoms. The fourth-order valence-electron chi connectivity index (χ4n) is 3.16. The third kappa shape index (κ3) is 4.16. The van der Waals surface area contributed by atoms with Gasteiger partial charge in [-0.3, -0.25) is 9.59 Å². The van der Waals surface area contributed by atoms with E-state index in [0.717, 1.165) is 23.8 Å². The smallest absolute Gasteiger partial charge is 0.358 e. The summed E-state index contributed by atoms with van der Waals surface area (Å²) in [6.45, 7) is 0.959. The van der Waals surface area contributed by atoms with Gasteiger partial charge >= 0.3 is 5.97 Å². The minimum Gasteiger partial charge on any atom is -0.471 e. The van der Waals surface area contributed by atoms with Crippen molar-refractivity contribution < 1.29 is 28.2 Å². The SMILES string of the molecule is CC#COC(=O)COC(=S)c1cc(N2C(=O)C3=C(CCCC3)C2=O)c(F)cc1Cl. The Balaban J connectivity index is 1.85. The maximum Gasteiger partial charge on any atom is 0.358 e. The Labute approximate surface area is 176 Å². The van der Waals surface area contributed by atoms with Gasteiger partial charge in [-0.05, 0) is 50.0 Å². The summed E-state index contributed by atoms with van der Waals surface area (Å²) in [6, 6.07) is 2.12. The van der Waals surface area contributed by atoms with Crippen molar-refractivity contribution in [2.75, 3.05) is 11.5 Å². The highest BCUT2D eigenvalue weighted by Crippen LogP contribution is 2.38. The summed E-state index contributed by atoms with van der Waals surface area (Å²) in [5, 5.41) is -0.302. The Morgan fingerprint density at radius 2 is 1.86 bits per heavy atom. The van der Waals surface area contributed by atoms with Gasteiger partial charge < -0.3 is 9.47 Å². The number of imide groups is 1. The van der Waals surface area contributed by atoms with E-state index in [0.29, 0.717) is 24.0 Å². The number of amides is 2. The molecule has 1 aliphatic heterocycles. The van der Waals surface area contributed by atoms with Gasteiger partial charge in [0.25, 0.3) is 11.8 Å². The molecule has 0 unspecified atom stereocenters. The van der Waals surface area contributed by atoms with Crippen LogP contribution in [0.4, 0.5) is 10.1 Å². The van der Waals surface area contributed by atoms with Crippen LogP contribution in [0.5, 0.6) is 0 Å². The first-order chi connectivity index (χ1) is 13.8. The normalized spacial score (nSPS) is 15.6. The molecule has 29 heavy (non-hydrogen) atoms. The number of ether oxygens (including phenoxy) is 2. The Hall–Kier alpha value is -2.76. The van der Waals surface area contributed by atoms with Crippen molar-refractivity contribution in [2.45, 2.75) is 32.6 Å². The zero-order valence-corrected chi connectivity index (χ0v) is 16.9. The minimum atomic E-state index is -0.847. The highest BCUT2D eigenvalue weighted by molar-refractivity contribution is 7.80. The number of hydrogen-bond donors (Lipinski definition) is 0. The maximum absolute atomic E-state index is 14.6. The van der Waals surface area contributed by atoms with E-state index in [1.54, 1.807) is 0 Å². The average molecular weight is 436 g/mol. The number of thiocarbonyl (C=S) groups is 1. The molecule has 1 aromatic carbocycles. The number of esters is 1. The van der Waals surface area contributed by atoms with E-state index in [-0.39, 0.29) is 21.3 Å². The first kappa shape index (κ1) is 21.0.